The summed E-state index contributed by atoms with van der Waals surface area (Å²) >= 11 is 1.14. The molecule has 0 aliphatic carbocycles. The van der Waals surface area contributed by atoms with Crippen molar-refractivity contribution >= 4 is 27.5 Å². The first kappa shape index (κ1) is 14.9. The van der Waals surface area contributed by atoms with E-state index in [4.69, 9.17) is 5.26 Å². The van der Waals surface area contributed by atoms with Gasteiger partial charge in [-0.25, -0.2) is 9.78 Å². The molecule has 23 heavy (non-hydrogen) atoms. The van der Waals surface area contributed by atoms with Gasteiger partial charge in [-0.1, -0.05) is 18.2 Å². The average Bonchev–Trinajstić information content (AvgIpc) is 2.95. The Hall–Kier alpha value is -2.98. The number of hydrogen-bond acceptors (Lipinski definition) is 5. The van der Waals surface area contributed by atoms with Crippen molar-refractivity contribution < 1.29 is 9.90 Å². The molecule has 2 heterocycles. The Balaban J connectivity index is 2.22. The molecule has 0 amide bonds. The van der Waals surface area contributed by atoms with Gasteiger partial charge in [-0.2, -0.15) is 5.26 Å². The highest BCUT2D eigenvalue weighted by molar-refractivity contribution is 7.17. The van der Waals surface area contributed by atoms with Crippen LogP contribution in [0.3, 0.4) is 0 Å². The predicted octanol–water partition coefficient (Wildman–Crippen LogP) is 2.38. The van der Waals surface area contributed by atoms with E-state index in [2.05, 4.69) is 11.1 Å². The van der Waals surface area contributed by atoms with Gasteiger partial charge in [0.05, 0.1) is 29.1 Å². The Kier molecular flexibility index (Phi) is 3.68. The van der Waals surface area contributed by atoms with Gasteiger partial charge in [0, 0.05) is 5.38 Å². The largest absolute Gasteiger partial charge is 0.478 e. The molecule has 3 aromatic rings. The smallest absolute Gasteiger partial charge is 0.337 e. The molecule has 0 aliphatic rings. The second kappa shape index (κ2) is 5.66. The van der Waals surface area contributed by atoms with Crippen molar-refractivity contribution in [2.45, 2.75) is 13.5 Å². The number of carboxylic acids is 1. The first-order valence-electron chi connectivity index (χ1n) is 6.73. The summed E-state index contributed by atoms with van der Waals surface area (Å²) in [7, 11) is 0. The van der Waals surface area contributed by atoms with Gasteiger partial charge in [0.1, 0.15) is 10.7 Å². The van der Waals surface area contributed by atoms with Crippen molar-refractivity contribution in [3.8, 4) is 6.07 Å². The lowest BCUT2D eigenvalue weighted by Gasteiger charge is -2.10. The SMILES string of the molecule is Cc1nc2scc(C(=O)O)c2c(=O)n1Cc1ccccc1C#N. The Bertz CT molecular complexity index is 1030. The van der Waals surface area contributed by atoms with Crippen LogP contribution in [0.2, 0.25) is 0 Å². The lowest BCUT2D eigenvalue weighted by Crippen LogP contribution is -2.25. The van der Waals surface area contributed by atoms with E-state index in [0.29, 0.717) is 21.8 Å². The minimum Gasteiger partial charge on any atom is -0.478 e. The fraction of sp³-hybridized carbons (Fsp3) is 0.125. The number of benzene rings is 1. The van der Waals surface area contributed by atoms with E-state index in [1.165, 1.54) is 9.95 Å². The first-order chi connectivity index (χ1) is 11.0. The third-order valence-corrected chi connectivity index (χ3v) is 4.45. The van der Waals surface area contributed by atoms with Crippen molar-refractivity contribution in [2.75, 3.05) is 0 Å². The summed E-state index contributed by atoms with van der Waals surface area (Å²) in [6.07, 6.45) is 0. The summed E-state index contributed by atoms with van der Waals surface area (Å²) in [5.74, 6) is -0.669. The molecule has 0 bridgehead atoms. The van der Waals surface area contributed by atoms with Crippen LogP contribution < -0.4 is 5.56 Å². The molecule has 0 aliphatic heterocycles. The number of nitriles is 1. The molecule has 0 radical (unpaired) electrons. The highest BCUT2D eigenvalue weighted by atomic mass is 32.1. The number of rotatable bonds is 3. The summed E-state index contributed by atoms with van der Waals surface area (Å²) in [4.78, 5) is 28.7. The second-order valence-electron chi connectivity index (χ2n) is 4.95. The standard InChI is InChI=1S/C16H11N3O3S/c1-9-18-14-13(12(8-23-14)16(21)22)15(20)19(9)7-11-5-3-2-4-10(11)6-17/h2-5,8H,7H2,1H3,(H,21,22). The number of nitrogens with zero attached hydrogens (tertiary/aromatic N) is 3. The summed E-state index contributed by atoms with van der Waals surface area (Å²) in [5.41, 5.74) is 0.722. The number of thiophene rings is 1. The molecular weight excluding hydrogens is 314 g/mol. The topological polar surface area (TPSA) is 96.0 Å². The van der Waals surface area contributed by atoms with E-state index in [-0.39, 0.29) is 17.5 Å². The zero-order chi connectivity index (χ0) is 16.6. The van der Waals surface area contributed by atoms with Gasteiger partial charge in [0.2, 0.25) is 0 Å². The molecule has 114 valence electrons. The van der Waals surface area contributed by atoms with Gasteiger partial charge in [-0.15, -0.1) is 11.3 Å². The van der Waals surface area contributed by atoms with Crippen LogP contribution in [0.25, 0.3) is 10.2 Å². The Morgan fingerprint density at radius 2 is 2.17 bits per heavy atom. The highest BCUT2D eigenvalue weighted by Gasteiger charge is 2.18. The predicted molar refractivity (Wildman–Crippen MR) is 85.8 cm³/mol. The summed E-state index contributed by atoms with van der Waals surface area (Å²) in [6, 6.07) is 9.07. The zero-order valence-corrected chi connectivity index (χ0v) is 12.9. The van der Waals surface area contributed by atoms with Crippen LogP contribution in [-0.2, 0) is 6.54 Å². The minimum absolute atomic E-state index is 0.0372. The molecule has 7 heteroatoms. The average molecular weight is 325 g/mol. The number of fused-ring (bicyclic) bond motifs is 1. The van der Waals surface area contributed by atoms with E-state index in [1.807, 2.05) is 0 Å². The molecule has 0 spiro atoms. The van der Waals surface area contributed by atoms with Gasteiger partial charge >= 0.3 is 5.97 Å². The van der Waals surface area contributed by atoms with Crippen molar-refractivity contribution in [3.63, 3.8) is 0 Å². The molecule has 6 nitrogen and oxygen atoms in total. The Morgan fingerprint density at radius 3 is 2.87 bits per heavy atom. The second-order valence-corrected chi connectivity index (χ2v) is 5.81. The monoisotopic (exact) mass is 325 g/mol. The molecular formula is C16H11N3O3S. The lowest BCUT2D eigenvalue weighted by molar-refractivity contribution is 0.0699. The maximum Gasteiger partial charge on any atom is 0.337 e. The van der Waals surface area contributed by atoms with Crippen molar-refractivity contribution in [2.24, 2.45) is 0 Å². The molecule has 0 fully saturated rings. The fourth-order valence-corrected chi connectivity index (χ4v) is 3.36. The normalized spacial score (nSPS) is 10.6. The van der Waals surface area contributed by atoms with Gasteiger partial charge < -0.3 is 5.11 Å². The molecule has 1 aromatic carbocycles. The number of carboxylic acid groups (broad SMARTS) is 1. The third-order valence-electron chi connectivity index (χ3n) is 3.58. The zero-order valence-electron chi connectivity index (χ0n) is 12.1. The van der Waals surface area contributed by atoms with Crippen LogP contribution in [0, 0.1) is 18.3 Å². The molecule has 3 rings (SSSR count). The van der Waals surface area contributed by atoms with E-state index in [1.54, 1.807) is 31.2 Å². The van der Waals surface area contributed by atoms with Crippen molar-refractivity contribution in [1.82, 2.24) is 9.55 Å². The van der Waals surface area contributed by atoms with Gasteiger partial charge in [0.25, 0.3) is 5.56 Å². The maximum absolute atomic E-state index is 12.7. The molecule has 1 N–H and O–H groups in total. The van der Waals surface area contributed by atoms with Gasteiger partial charge in [-0.3, -0.25) is 9.36 Å². The van der Waals surface area contributed by atoms with E-state index in [0.717, 1.165) is 11.3 Å². The van der Waals surface area contributed by atoms with Crippen LogP contribution in [0.1, 0.15) is 27.3 Å². The third kappa shape index (κ3) is 2.49. The maximum atomic E-state index is 12.7. The summed E-state index contributed by atoms with van der Waals surface area (Å²) in [5, 5.41) is 19.9. The quantitative estimate of drug-likeness (QED) is 0.797. The number of hydrogen-bond donors (Lipinski definition) is 1. The highest BCUT2D eigenvalue weighted by Crippen LogP contribution is 2.22. The van der Waals surface area contributed by atoms with Crippen LogP contribution in [0.4, 0.5) is 0 Å². The molecule has 0 saturated carbocycles. The van der Waals surface area contributed by atoms with Crippen LogP contribution in [-0.4, -0.2) is 20.6 Å². The number of carbonyl (C=O) groups is 1. The Labute approximate surface area is 134 Å². The van der Waals surface area contributed by atoms with E-state index >= 15 is 0 Å². The first-order valence-corrected chi connectivity index (χ1v) is 7.61. The molecule has 0 saturated heterocycles. The van der Waals surface area contributed by atoms with Crippen LogP contribution in [0.15, 0.2) is 34.4 Å². The molecule has 0 unspecified atom stereocenters. The van der Waals surface area contributed by atoms with E-state index < -0.39 is 11.5 Å². The van der Waals surface area contributed by atoms with E-state index in [9.17, 15) is 14.7 Å². The number of aryl methyl sites for hydroxylation is 1. The fourth-order valence-electron chi connectivity index (χ4n) is 2.41. The van der Waals surface area contributed by atoms with Crippen molar-refractivity contribution in [1.29, 1.82) is 5.26 Å². The summed E-state index contributed by atoms with van der Waals surface area (Å²) < 4.78 is 1.40. The van der Waals surface area contributed by atoms with Gasteiger partial charge in [0.15, 0.2) is 0 Å². The van der Waals surface area contributed by atoms with Crippen molar-refractivity contribution in [3.05, 3.63) is 62.5 Å². The Morgan fingerprint density at radius 1 is 1.43 bits per heavy atom. The van der Waals surface area contributed by atoms with Crippen LogP contribution in [0.5, 0.6) is 0 Å². The van der Waals surface area contributed by atoms with Gasteiger partial charge in [-0.05, 0) is 18.6 Å². The number of aromatic nitrogens is 2. The number of aromatic carboxylic acids is 1. The lowest BCUT2D eigenvalue weighted by atomic mass is 10.1. The molecule has 0 atom stereocenters. The molecule has 2 aromatic heterocycles. The summed E-state index contributed by atoms with van der Waals surface area (Å²) in [6.45, 7) is 1.86. The van der Waals surface area contributed by atoms with Crippen LogP contribution >= 0.6 is 11.3 Å². The minimum atomic E-state index is -1.15.